The molecule has 2 heteroatoms. The summed E-state index contributed by atoms with van der Waals surface area (Å²) in [5.41, 5.74) is 0. The van der Waals surface area contributed by atoms with E-state index < -0.39 is 0 Å². The third kappa shape index (κ3) is 1.74. The number of hydrogen-bond donors (Lipinski definition) is 1. The fourth-order valence-corrected chi connectivity index (χ4v) is 2.43. The van der Waals surface area contributed by atoms with Crippen LogP contribution < -0.4 is 0 Å². The molecule has 1 aliphatic rings. The second-order valence-electron chi connectivity index (χ2n) is 4.69. The molecule has 1 rings (SSSR count). The topological polar surface area (TPSA) is 20.2 Å². The summed E-state index contributed by atoms with van der Waals surface area (Å²) in [6.45, 7) is 5.51. The third-order valence-electron chi connectivity index (χ3n) is 2.78. The van der Waals surface area contributed by atoms with Gasteiger partial charge in [0.15, 0.2) is 6.23 Å². The second-order valence-corrected chi connectivity index (χ2v) is 4.69. The van der Waals surface area contributed by atoms with Crippen molar-refractivity contribution in [3.63, 3.8) is 0 Å². The molecule has 1 fully saturated rings. The fraction of sp³-hybridized carbons (Fsp3) is 1.00. The quantitative estimate of drug-likeness (QED) is 0.523. The number of nitrogens with zero attached hydrogens (tertiary/aromatic N) is 1. The Hall–Kier alpha value is -0.0800. The van der Waals surface area contributed by atoms with Crippen molar-refractivity contribution in [2.75, 3.05) is 20.6 Å². The molecule has 0 amide bonds. The Morgan fingerprint density at radius 1 is 1.27 bits per heavy atom. The minimum atomic E-state index is -0.161. The molecular weight excluding hydrogens is 138 g/mol. The van der Waals surface area contributed by atoms with Crippen LogP contribution in [0.2, 0.25) is 0 Å². The number of piperidine rings is 1. The molecule has 0 bridgehead atoms. The first-order valence-electron chi connectivity index (χ1n) is 4.44. The van der Waals surface area contributed by atoms with Crippen LogP contribution in [0.1, 0.15) is 20.3 Å². The van der Waals surface area contributed by atoms with Gasteiger partial charge in [0.1, 0.15) is 0 Å². The lowest BCUT2D eigenvalue weighted by atomic mass is 9.89. The minimum Gasteiger partial charge on any atom is -0.345 e. The molecule has 0 radical (unpaired) electrons. The summed E-state index contributed by atoms with van der Waals surface area (Å²) in [6.07, 6.45) is 1.01. The highest BCUT2D eigenvalue weighted by molar-refractivity contribution is 4.67. The van der Waals surface area contributed by atoms with Gasteiger partial charge in [0.05, 0.1) is 20.6 Å². The molecule has 2 nitrogen and oxygen atoms in total. The van der Waals surface area contributed by atoms with Gasteiger partial charge in [-0.25, -0.2) is 0 Å². The maximum absolute atomic E-state index is 9.80. The average molecular weight is 158 g/mol. The predicted octanol–water partition coefficient (Wildman–Crippen LogP) is 1.06. The van der Waals surface area contributed by atoms with Gasteiger partial charge in [0, 0.05) is 11.8 Å². The molecule has 1 heterocycles. The highest BCUT2D eigenvalue weighted by atomic mass is 16.3. The molecule has 1 N–H and O–H groups in total. The van der Waals surface area contributed by atoms with E-state index in [9.17, 15) is 5.11 Å². The lowest BCUT2D eigenvalue weighted by molar-refractivity contribution is -0.949. The summed E-state index contributed by atoms with van der Waals surface area (Å²) in [4.78, 5) is 0. The van der Waals surface area contributed by atoms with Crippen LogP contribution in [0.15, 0.2) is 0 Å². The van der Waals surface area contributed by atoms with Gasteiger partial charge >= 0.3 is 0 Å². The molecule has 0 aromatic rings. The van der Waals surface area contributed by atoms with E-state index in [2.05, 4.69) is 27.9 Å². The Balaban J connectivity index is 2.67. The summed E-state index contributed by atoms with van der Waals surface area (Å²) < 4.78 is 0.766. The molecule has 1 aliphatic heterocycles. The number of aliphatic hydroxyl groups is 1. The summed E-state index contributed by atoms with van der Waals surface area (Å²) >= 11 is 0. The van der Waals surface area contributed by atoms with Crippen LogP contribution in [0.3, 0.4) is 0 Å². The van der Waals surface area contributed by atoms with Crippen LogP contribution in [0.4, 0.5) is 0 Å². The lowest BCUT2D eigenvalue weighted by Crippen LogP contribution is -2.57. The highest BCUT2D eigenvalue weighted by Crippen LogP contribution is 2.28. The van der Waals surface area contributed by atoms with E-state index in [4.69, 9.17) is 0 Å². The first-order valence-corrected chi connectivity index (χ1v) is 4.44. The maximum Gasteiger partial charge on any atom is 0.192 e. The monoisotopic (exact) mass is 158 g/mol. The zero-order valence-corrected chi connectivity index (χ0v) is 8.04. The zero-order chi connectivity index (χ0) is 8.65. The Morgan fingerprint density at radius 2 is 1.82 bits per heavy atom. The van der Waals surface area contributed by atoms with E-state index in [1.54, 1.807) is 0 Å². The molecule has 0 aliphatic carbocycles. The molecule has 66 valence electrons. The van der Waals surface area contributed by atoms with Crippen molar-refractivity contribution in [3.8, 4) is 0 Å². The number of quaternary nitrogens is 1. The molecule has 1 saturated heterocycles. The van der Waals surface area contributed by atoms with Crippen molar-refractivity contribution >= 4 is 0 Å². The van der Waals surface area contributed by atoms with Crippen LogP contribution in [-0.4, -0.2) is 36.5 Å². The van der Waals surface area contributed by atoms with Gasteiger partial charge in [0.25, 0.3) is 0 Å². The lowest BCUT2D eigenvalue weighted by Gasteiger charge is -2.44. The molecular formula is C9H20NO+. The number of likely N-dealkylation sites (tertiary alicyclic amines) is 1. The van der Waals surface area contributed by atoms with Gasteiger partial charge in [-0.05, 0) is 6.42 Å². The van der Waals surface area contributed by atoms with E-state index in [1.807, 2.05) is 0 Å². The third-order valence-corrected chi connectivity index (χ3v) is 2.78. The summed E-state index contributed by atoms with van der Waals surface area (Å²) in [5, 5.41) is 9.80. The van der Waals surface area contributed by atoms with Crippen molar-refractivity contribution < 1.29 is 9.59 Å². The van der Waals surface area contributed by atoms with Gasteiger partial charge in [0.2, 0.25) is 0 Å². The Morgan fingerprint density at radius 3 is 2.27 bits per heavy atom. The zero-order valence-electron chi connectivity index (χ0n) is 8.04. The predicted molar refractivity (Wildman–Crippen MR) is 45.9 cm³/mol. The molecule has 11 heavy (non-hydrogen) atoms. The van der Waals surface area contributed by atoms with Crippen LogP contribution in [0.25, 0.3) is 0 Å². The van der Waals surface area contributed by atoms with E-state index in [-0.39, 0.29) is 6.23 Å². The van der Waals surface area contributed by atoms with Gasteiger partial charge < -0.3 is 9.59 Å². The SMILES string of the molecule is CC1CC(C)C(O)[N+](C)(C)C1. The molecule has 0 spiro atoms. The van der Waals surface area contributed by atoms with Gasteiger partial charge in [-0.15, -0.1) is 0 Å². The number of hydrogen-bond acceptors (Lipinski definition) is 1. The van der Waals surface area contributed by atoms with Crippen LogP contribution in [0, 0.1) is 11.8 Å². The Bertz CT molecular complexity index is 144. The standard InChI is InChI=1S/C9H20NO/c1-7-5-8(2)9(11)10(3,4)6-7/h7-9,11H,5-6H2,1-4H3/q+1. The Kier molecular flexibility index (Phi) is 2.26. The van der Waals surface area contributed by atoms with Crippen molar-refractivity contribution in [1.29, 1.82) is 0 Å². The molecule has 0 saturated carbocycles. The molecule has 0 aromatic heterocycles. The Labute approximate surface area is 69.4 Å². The number of aliphatic hydroxyl groups excluding tert-OH is 1. The first kappa shape index (κ1) is 9.01. The maximum atomic E-state index is 9.80. The van der Waals surface area contributed by atoms with Crippen molar-refractivity contribution in [3.05, 3.63) is 0 Å². The largest absolute Gasteiger partial charge is 0.345 e. The minimum absolute atomic E-state index is 0.161. The normalized spacial score (nSPS) is 43.9. The summed E-state index contributed by atoms with van der Waals surface area (Å²) in [7, 11) is 4.22. The molecule has 3 unspecified atom stereocenters. The molecule has 3 atom stereocenters. The average Bonchev–Trinajstić information content (AvgIpc) is 1.81. The van der Waals surface area contributed by atoms with Gasteiger partial charge in [-0.2, -0.15) is 0 Å². The summed E-state index contributed by atoms with van der Waals surface area (Å²) in [5.74, 6) is 1.21. The van der Waals surface area contributed by atoms with Crippen molar-refractivity contribution in [1.82, 2.24) is 0 Å². The van der Waals surface area contributed by atoms with E-state index in [1.165, 1.54) is 6.42 Å². The van der Waals surface area contributed by atoms with E-state index in [0.29, 0.717) is 5.92 Å². The van der Waals surface area contributed by atoms with Gasteiger partial charge in [-0.1, -0.05) is 13.8 Å². The van der Waals surface area contributed by atoms with Gasteiger partial charge in [-0.3, -0.25) is 0 Å². The van der Waals surface area contributed by atoms with Crippen LogP contribution >= 0.6 is 0 Å². The van der Waals surface area contributed by atoms with E-state index in [0.717, 1.165) is 16.9 Å². The number of rotatable bonds is 0. The fourth-order valence-electron chi connectivity index (χ4n) is 2.43. The van der Waals surface area contributed by atoms with Crippen LogP contribution in [-0.2, 0) is 0 Å². The summed E-state index contributed by atoms with van der Waals surface area (Å²) in [6, 6.07) is 0. The van der Waals surface area contributed by atoms with Crippen molar-refractivity contribution in [2.45, 2.75) is 26.5 Å². The van der Waals surface area contributed by atoms with Crippen LogP contribution in [0.5, 0.6) is 0 Å². The van der Waals surface area contributed by atoms with Crippen molar-refractivity contribution in [2.24, 2.45) is 11.8 Å². The smallest absolute Gasteiger partial charge is 0.192 e. The van der Waals surface area contributed by atoms with E-state index >= 15 is 0 Å². The first-order chi connectivity index (χ1) is 4.93. The highest BCUT2D eigenvalue weighted by Gasteiger charge is 2.38. The molecule has 0 aromatic carbocycles. The second kappa shape index (κ2) is 2.76.